The van der Waals surface area contributed by atoms with E-state index in [1.54, 1.807) is 12.1 Å². The maximum Gasteiger partial charge on any atom is 0.294 e. The van der Waals surface area contributed by atoms with E-state index >= 15 is 0 Å². The number of hydrogen-bond acceptors (Lipinski definition) is 4. The SMILES string of the molecule is CC(C)(C)P(c1cccc(S(=O)(=O)O)c1)c1cccc(S(=O)(=O)O)c1. The Morgan fingerprint density at radius 2 is 1.12 bits per heavy atom. The third-order valence-corrected chi connectivity index (χ3v) is 8.05. The molecule has 0 atom stereocenters. The molecule has 2 N–H and O–H groups in total. The highest BCUT2D eigenvalue weighted by Crippen LogP contribution is 2.47. The standard InChI is InChI=1S/C16H19O6PS2/c1-16(2,3)23(12-6-4-8-14(10-12)24(17,18)19)13-7-5-9-15(11-13)25(20,21)22/h4-11H,1-3H3,(H,17,18,19)(H,20,21,22). The van der Waals surface area contributed by atoms with Gasteiger partial charge in [0.25, 0.3) is 20.2 Å². The maximum atomic E-state index is 11.4. The Morgan fingerprint density at radius 1 is 0.760 bits per heavy atom. The maximum absolute atomic E-state index is 11.4. The highest BCUT2D eigenvalue weighted by molar-refractivity contribution is 7.86. The Labute approximate surface area is 149 Å². The summed E-state index contributed by atoms with van der Waals surface area (Å²) in [7, 11) is -9.86. The molecule has 0 saturated carbocycles. The molecule has 0 radical (unpaired) electrons. The first kappa shape index (κ1) is 20.0. The van der Waals surface area contributed by atoms with Crippen molar-refractivity contribution in [1.29, 1.82) is 0 Å². The summed E-state index contributed by atoms with van der Waals surface area (Å²) in [5.41, 5.74) is 0. The minimum atomic E-state index is -4.34. The third kappa shape index (κ3) is 4.86. The zero-order valence-electron chi connectivity index (χ0n) is 13.9. The first-order chi connectivity index (χ1) is 11.3. The van der Waals surface area contributed by atoms with Crippen molar-refractivity contribution >= 4 is 38.8 Å². The molecule has 25 heavy (non-hydrogen) atoms. The summed E-state index contributed by atoms with van der Waals surface area (Å²) >= 11 is 0. The zero-order valence-corrected chi connectivity index (χ0v) is 16.4. The van der Waals surface area contributed by atoms with Gasteiger partial charge in [-0.25, -0.2) is 0 Å². The summed E-state index contributed by atoms with van der Waals surface area (Å²) in [5.74, 6) is 0. The van der Waals surface area contributed by atoms with E-state index in [1.165, 1.54) is 36.4 Å². The number of benzene rings is 2. The summed E-state index contributed by atoms with van der Waals surface area (Å²) < 4.78 is 64.3. The van der Waals surface area contributed by atoms with Gasteiger partial charge in [0.15, 0.2) is 0 Å². The quantitative estimate of drug-likeness (QED) is 0.601. The molecule has 2 aromatic carbocycles. The zero-order chi connectivity index (χ0) is 19.0. The van der Waals surface area contributed by atoms with Crippen LogP contribution in [-0.4, -0.2) is 31.1 Å². The van der Waals surface area contributed by atoms with E-state index in [0.717, 1.165) is 0 Å². The second-order valence-corrected chi connectivity index (χ2v) is 12.3. The van der Waals surface area contributed by atoms with Crippen LogP contribution in [0.2, 0.25) is 0 Å². The first-order valence-electron chi connectivity index (χ1n) is 7.25. The average molecular weight is 402 g/mol. The van der Waals surface area contributed by atoms with Crippen molar-refractivity contribution in [3.63, 3.8) is 0 Å². The molecule has 2 aromatic rings. The lowest BCUT2D eigenvalue weighted by molar-refractivity contribution is 0.481. The van der Waals surface area contributed by atoms with Crippen LogP contribution in [0.25, 0.3) is 0 Å². The van der Waals surface area contributed by atoms with Gasteiger partial charge in [-0.2, -0.15) is 16.8 Å². The van der Waals surface area contributed by atoms with Gasteiger partial charge in [0, 0.05) is 0 Å². The van der Waals surface area contributed by atoms with E-state index in [4.69, 9.17) is 0 Å². The van der Waals surface area contributed by atoms with Crippen LogP contribution in [0.3, 0.4) is 0 Å². The molecule has 0 heterocycles. The lowest BCUT2D eigenvalue weighted by atomic mass is 10.3. The van der Waals surface area contributed by atoms with Gasteiger partial charge in [-0.05, 0) is 48.0 Å². The normalized spacial score (nSPS) is 13.2. The fourth-order valence-corrected chi connectivity index (χ4v) is 6.57. The van der Waals surface area contributed by atoms with Crippen LogP contribution in [0, 0.1) is 0 Å². The molecule has 6 nitrogen and oxygen atoms in total. The molecule has 136 valence electrons. The second-order valence-electron chi connectivity index (χ2n) is 6.45. The molecular weight excluding hydrogens is 383 g/mol. The molecule has 0 bridgehead atoms. The van der Waals surface area contributed by atoms with Crippen molar-refractivity contribution < 1.29 is 25.9 Å². The predicted octanol–water partition coefficient (Wildman–Crippen LogP) is 2.41. The molecule has 9 heteroatoms. The van der Waals surface area contributed by atoms with Crippen molar-refractivity contribution in [2.75, 3.05) is 0 Å². The van der Waals surface area contributed by atoms with Gasteiger partial charge in [-0.1, -0.05) is 45.0 Å². The summed E-state index contributed by atoms with van der Waals surface area (Å²) in [5, 5.41) is 1.01. The van der Waals surface area contributed by atoms with Crippen LogP contribution in [-0.2, 0) is 20.2 Å². The fraction of sp³-hybridized carbons (Fsp3) is 0.250. The Morgan fingerprint density at radius 3 is 1.40 bits per heavy atom. The lowest BCUT2D eigenvalue weighted by Crippen LogP contribution is -2.27. The minimum Gasteiger partial charge on any atom is -0.282 e. The van der Waals surface area contributed by atoms with Crippen LogP contribution < -0.4 is 10.6 Å². The van der Waals surface area contributed by atoms with Crippen molar-refractivity contribution in [3.8, 4) is 0 Å². The van der Waals surface area contributed by atoms with Crippen molar-refractivity contribution in [1.82, 2.24) is 0 Å². The van der Waals surface area contributed by atoms with Gasteiger partial charge in [0.1, 0.15) is 0 Å². The van der Waals surface area contributed by atoms with Gasteiger partial charge >= 0.3 is 0 Å². The highest BCUT2D eigenvalue weighted by Gasteiger charge is 2.29. The average Bonchev–Trinajstić information content (AvgIpc) is 2.45. The van der Waals surface area contributed by atoms with Gasteiger partial charge < -0.3 is 0 Å². The molecule has 0 unspecified atom stereocenters. The number of hydrogen-bond donors (Lipinski definition) is 2. The molecule has 0 aliphatic heterocycles. The topological polar surface area (TPSA) is 109 Å². The van der Waals surface area contributed by atoms with Crippen molar-refractivity contribution in [2.24, 2.45) is 0 Å². The van der Waals surface area contributed by atoms with E-state index in [1.807, 2.05) is 20.8 Å². The summed E-state index contributed by atoms with van der Waals surface area (Å²) in [6.45, 7) is 5.87. The molecular formula is C16H19O6PS2. The number of rotatable bonds is 4. The van der Waals surface area contributed by atoms with E-state index in [9.17, 15) is 25.9 Å². The molecule has 0 amide bonds. The van der Waals surface area contributed by atoms with Crippen LogP contribution in [0.5, 0.6) is 0 Å². The summed E-state index contributed by atoms with van der Waals surface area (Å²) in [4.78, 5) is -0.430. The molecule has 2 rings (SSSR count). The Kier molecular flexibility index (Phi) is 5.42. The summed E-state index contributed by atoms with van der Waals surface area (Å²) in [6.07, 6.45) is 0. The van der Waals surface area contributed by atoms with Crippen molar-refractivity contribution in [2.45, 2.75) is 35.7 Å². The van der Waals surface area contributed by atoms with Gasteiger partial charge in [-0.15, -0.1) is 0 Å². The molecule has 0 saturated heterocycles. The van der Waals surface area contributed by atoms with Gasteiger partial charge in [0.05, 0.1) is 9.79 Å². The minimum absolute atomic E-state index is 0.215. The molecule has 0 aliphatic rings. The largest absolute Gasteiger partial charge is 0.294 e. The van der Waals surface area contributed by atoms with Crippen LogP contribution in [0.15, 0.2) is 58.3 Å². The molecule has 0 fully saturated rings. The first-order valence-corrected chi connectivity index (χ1v) is 11.5. The van der Waals surface area contributed by atoms with E-state index in [0.29, 0.717) is 10.6 Å². The van der Waals surface area contributed by atoms with Crippen LogP contribution in [0.1, 0.15) is 20.8 Å². The Hall–Kier alpha value is -1.31. The predicted molar refractivity (Wildman–Crippen MR) is 98.5 cm³/mol. The summed E-state index contributed by atoms with van der Waals surface area (Å²) in [6, 6.07) is 11.9. The smallest absolute Gasteiger partial charge is 0.282 e. The Balaban J connectivity index is 2.68. The van der Waals surface area contributed by atoms with Gasteiger partial charge in [0.2, 0.25) is 0 Å². The second kappa shape index (κ2) is 6.78. The van der Waals surface area contributed by atoms with E-state index < -0.39 is 28.2 Å². The monoisotopic (exact) mass is 402 g/mol. The van der Waals surface area contributed by atoms with E-state index in [2.05, 4.69) is 0 Å². The highest BCUT2D eigenvalue weighted by atomic mass is 32.2. The van der Waals surface area contributed by atoms with Gasteiger partial charge in [-0.3, -0.25) is 9.11 Å². The van der Waals surface area contributed by atoms with Crippen LogP contribution in [0.4, 0.5) is 0 Å². The van der Waals surface area contributed by atoms with Crippen LogP contribution >= 0.6 is 7.92 Å². The molecule has 0 aliphatic carbocycles. The lowest BCUT2D eigenvalue weighted by Gasteiger charge is -2.32. The van der Waals surface area contributed by atoms with Crippen molar-refractivity contribution in [3.05, 3.63) is 48.5 Å². The third-order valence-electron chi connectivity index (χ3n) is 3.42. The molecule has 0 aromatic heterocycles. The fourth-order valence-electron chi connectivity index (χ4n) is 2.49. The molecule has 0 spiro atoms. The Bertz CT molecular complexity index is 916. The van der Waals surface area contributed by atoms with E-state index in [-0.39, 0.29) is 14.9 Å².